The average molecular weight is 288 g/mol. The Bertz CT molecular complexity index is 669. The molecule has 1 aliphatic rings. The molecule has 0 spiro atoms. The minimum atomic E-state index is -0.172. The number of anilines is 1. The van der Waals surface area contributed by atoms with Gasteiger partial charge in [-0.3, -0.25) is 4.79 Å². The number of benzene rings is 2. The van der Waals surface area contributed by atoms with Crippen LogP contribution in [0.4, 0.5) is 5.69 Å². The fourth-order valence-electron chi connectivity index (χ4n) is 2.54. The van der Waals surface area contributed by atoms with Gasteiger partial charge in [0.2, 0.25) is 5.91 Å². The number of fused-ring (bicyclic) bond motifs is 1. The Morgan fingerprint density at radius 1 is 1.25 bits per heavy atom. The fraction of sp³-hybridized carbons (Fsp3) is 0.188. The third-order valence-electron chi connectivity index (χ3n) is 3.54. The van der Waals surface area contributed by atoms with Crippen LogP contribution in [-0.2, 0) is 11.2 Å². The van der Waals surface area contributed by atoms with Crippen LogP contribution in [0, 0.1) is 0 Å². The molecular formula is C16H14ClNO2. The summed E-state index contributed by atoms with van der Waals surface area (Å²) in [5, 5.41) is 3.51. The molecule has 1 N–H and O–H groups in total. The molecule has 1 unspecified atom stereocenters. The summed E-state index contributed by atoms with van der Waals surface area (Å²) in [6, 6.07) is 13.3. The van der Waals surface area contributed by atoms with Crippen LogP contribution >= 0.6 is 11.6 Å². The van der Waals surface area contributed by atoms with Crippen molar-refractivity contribution < 1.29 is 9.53 Å². The number of carbonyl (C=O) groups excluding carboxylic acids is 1. The number of ether oxygens (including phenoxy) is 1. The number of hydrogen-bond donors (Lipinski definition) is 1. The topological polar surface area (TPSA) is 38.3 Å². The largest absolute Gasteiger partial charge is 0.497 e. The van der Waals surface area contributed by atoms with Crippen LogP contribution < -0.4 is 10.1 Å². The second-order valence-corrected chi connectivity index (χ2v) is 5.27. The molecule has 3 rings (SSSR count). The van der Waals surface area contributed by atoms with Crippen molar-refractivity contribution in [2.45, 2.75) is 12.3 Å². The smallest absolute Gasteiger partial charge is 0.232 e. The number of amides is 1. The van der Waals surface area contributed by atoms with E-state index in [-0.39, 0.29) is 11.8 Å². The zero-order valence-corrected chi connectivity index (χ0v) is 11.8. The van der Waals surface area contributed by atoms with Crippen LogP contribution in [0.15, 0.2) is 42.5 Å². The van der Waals surface area contributed by atoms with Crippen molar-refractivity contribution in [3.05, 3.63) is 58.6 Å². The van der Waals surface area contributed by atoms with Gasteiger partial charge in [0, 0.05) is 10.7 Å². The second kappa shape index (κ2) is 5.17. The van der Waals surface area contributed by atoms with E-state index in [9.17, 15) is 4.79 Å². The number of methoxy groups -OCH3 is 1. The van der Waals surface area contributed by atoms with Gasteiger partial charge in [-0.05, 0) is 41.8 Å². The molecule has 1 amide bonds. The van der Waals surface area contributed by atoms with Gasteiger partial charge in [0.05, 0.1) is 13.0 Å². The first kappa shape index (κ1) is 13.0. The van der Waals surface area contributed by atoms with Gasteiger partial charge in [-0.2, -0.15) is 0 Å². The molecule has 0 fully saturated rings. The second-order valence-electron chi connectivity index (χ2n) is 4.83. The molecule has 0 saturated carbocycles. The first-order valence-corrected chi connectivity index (χ1v) is 6.78. The summed E-state index contributed by atoms with van der Waals surface area (Å²) in [7, 11) is 1.64. The molecule has 3 nitrogen and oxygen atoms in total. The van der Waals surface area contributed by atoms with E-state index >= 15 is 0 Å². The van der Waals surface area contributed by atoms with E-state index in [4.69, 9.17) is 16.3 Å². The number of carbonyl (C=O) groups is 1. The van der Waals surface area contributed by atoms with Crippen LogP contribution in [0.3, 0.4) is 0 Å². The lowest BCUT2D eigenvalue weighted by Gasteiger charge is -2.10. The molecule has 20 heavy (non-hydrogen) atoms. The summed E-state index contributed by atoms with van der Waals surface area (Å²) in [6.07, 6.45) is 0.650. The molecule has 1 aliphatic heterocycles. The van der Waals surface area contributed by atoms with E-state index in [1.54, 1.807) is 13.2 Å². The monoisotopic (exact) mass is 287 g/mol. The van der Waals surface area contributed by atoms with Crippen molar-refractivity contribution in [3.63, 3.8) is 0 Å². The Hall–Kier alpha value is -2.00. The van der Waals surface area contributed by atoms with Crippen molar-refractivity contribution in [2.75, 3.05) is 12.4 Å². The Morgan fingerprint density at radius 2 is 2.10 bits per heavy atom. The SMILES string of the molecule is COc1cccc(CC2C(=O)Nc3cc(Cl)ccc32)c1. The quantitative estimate of drug-likeness (QED) is 0.936. The van der Waals surface area contributed by atoms with Gasteiger partial charge in [-0.15, -0.1) is 0 Å². The molecule has 0 radical (unpaired) electrons. The molecule has 0 aromatic heterocycles. The lowest BCUT2D eigenvalue weighted by Crippen LogP contribution is -2.14. The summed E-state index contributed by atoms with van der Waals surface area (Å²) >= 11 is 5.95. The molecule has 4 heteroatoms. The van der Waals surface area contributed by atoms with E-state index in [1.807, 2.05) is 36.4 Å². The maximum atomic E-state index is 12.1. The predicted octanol–water partition coefficient (Wildman–Crippen LogP) is 3.63. The van der Waals surface area contributed by atoms with Crippen molar-refractivity contribution in [1.82, 2.24) is 0 Å². The summed E-state index contributed by atoms with van der Waals surface area (Å²) < 4.78 is 5.21. The van der Waals surface area contributed by atoms with Crippen LogP contribution in [0.5, 0.6) is 5.75 Å². The molecule has 0 aliphatic carbocycles. The lowest BCUT2D eigenvalue weighted by atomic mass is 9.93. The fourth-order valence-corrected chi connectivity index (χ4v) is 2.71. The maximum Gasteiger partial charge on any atom is 0.232 e. The number of halogens is 1. The first-order chi connectivity index (χ1) is 9.67. The van der Waals surface area contributed by atoms with E-state index in [1.165, 1.54) is 0 Å². The third kappa shape index (κ3) is 2.37. The number of rotatable bonds is 3. The molecular weight excluding hydrogens is 274 g/mol. The Labute approximate surface area is 122 Å². The van der Waals surface area contributed by atoms with Gasteiger partial charge in [-0.1, -0.05) is 29.8 Å². The summed E-state index contributed by atoms with van der Waals surface area (Å²) in [5.41, 5.74) is 2.89. The highest BCUT2D eigenvalue weighted by Gasteiger charge is 2.30. The van der Waals surface area contributed by atoms with Crippen molar-refractivity contribution >= 4 is 23.2 Å². The van der Waals surface area contributed by atoms with E-state index < -0.39 is 0 Å². The first-order valence-electron chi connectivity index (χ1n) is 6.40. The van der Waals surface area contributed by atoms with Crippen molar-refractivity contribution in [1.29, 1.82) is 0 Å². The highest BCUT2D eigenvalue weighted by atomic mass is 35.5. The van der Waals surface area contributed by atoms with Crippen molar-refractivity contribution in [2.24, 2.45) is 0 Å². The summed E-state index contributed by atoms with van der Waals surface area (Å²) in [5.74, 6) is 0.650. The van der Waals surface area contributed by atoms with Crippen LogP contribution in [0.25, 0.3) is 0 Å². The van der Waals surface area contributed by atoms with Crippen molar-refractivity contribution in [3.8, 4) is 5.75 Å². The standard InChI is InChI=1S/C16H14ClNO2/c1-20-12-4-2-3-10(7-12)8-14-13-6-5-11(17)9-15(13)18-16(14)19/h2-7,9,14H,8H2,1H3,(H,18,19). The average Bonchev–Trinajstić information content (AvgIpc) is 2.74. The normalized spacial score (nSPS) is 16.7. The Morgan fingerprint density at radius 3 is 2.90 bits per heavy atom. The zero-order chi connectivity index (χ0) is 14.1. The van der Waals surface area contributed by atoms with E-state index in [2.05, 4.69) is 5.32 Å². The third-order valence-corrected chi connectivity index (χ3v) is 3.77. The maximum absolute atomic E-state index is 12.1. The number of hydrogen-bond acceptors (Lipinski definition) is 2. The van der Waals surface area contributed by atoms with Gasteiger partial charge < -0.3 is 10.1 Å². The lowest BCUT2D eigenvalue weighted by molar-refractivity contribution is -0.117. The minimum absolute atomic E-state index is 0.0186. The minimum Gasteiger partial charge on any atom is -0.497 e. The molecule has 1 atom stereocenters. The Balaban J connectivity index is 1.90. The highest BCUT2D eigenvalue weighted by molar-refractivity contribution is 6.31. The molecule has 0 bridgehead atoms. The van der Waals surface area contributed by atoms with Gasteiger partial charge >= 0.3 is 0 Å². The molecule has 0 saturated heterocycles. The summed E-state index contributed by atoms with van der Waals surface area (Å²) in [4.78, 5) is 12.1. The molecule has 102 valence electrons. The van der Waals surface area contributed by atoms with Crippen LogP contribution in [0.1, 0.15) is 17.0 Å². The summed E-state index contributed by atoms with van der Waals surface area (Å²) in [6.45, 7) is 0. The number of nitrogens with one attached hydrogen (secondary N) is 1. The molecule has 1 heterocycles. The predicted molar refractivity (Wildman–Crippen MR) is 79.5 cm³/mol. The Kier molecular flexibility index (Phi) is 3.36. The molecule has 2 aromatic carbocycles. The van der Waals surface area contributed by atoms with Gasteiger partial charge in [0.1, 0.15) is 5.75 Å². The zero-order valence-electron chi connectivity index (χ0n) is 11.0. The van der Waals surface area contributed by atoms with E-state index in [0.717, 1.165) is 22.6 Å². The van der Waals surface area contributed by atoms with Gasteiger partial charge in [-0.25, -0.2) is 0 Å². The van der Waals surface area contributed by atoms with E-state index in [0.29, 0.717) is 11.4 Å². The van der Waals surface area contributed by atoms with Crippen LogP contribution in [0.2, 0.25) is 5.02 Å². The van der Waals surface area contributed by atoms with Gasteiger partial charge in [0.15, 0.2) is 0 Å². The van der Waals surface area contributed by atoms with Gasteiger partial charge in [0.25, 0.3) is 0 Å². The highest BCUT2D eigenvalue weighted by Crippen LogP contribution is 2.36. The van der Waals surface area contributed by atoms with Crippen LogP contribution in [-0.4, -0.2) is 13.0 Å². The molecule has 2 aromatic rings.